The minimum atomic E-state index is -3.58. The molecule has 2 fully saturated rings. The number of rotatable bonds is 3. The first-order valence-corrected chi connectivity index (χ1v) is 10.3. The number of nitrogens with zero attached hydrogens (tertiary/aromatic N) is 4. The fourth-order valence-electron chi connectivity index (χ4n) is 3.72. The zero-order valence-electron chi connectivity index (χ0n) is 15.2. The fraction of sp³-hybridized carbons (Fsp3) is 0.750. The van der Waals surface area contributed by atoms with Crippen molar-refractivity contribution in [2.24, 2.45) is 7.05 Å². The van der Waals surface area contributed by atoms with Crippen LogP contribution in [0.25, 0.3) is 0 Å². The normalized spacial score (nSPS) is 20.2. The summed E-state index contributed by atoms with van der Waals surface area (Å²) >= 11 is 0. The van der Waals surface area contributed by atoms with Crippen LogP contribution in [0, 0.1) is 13.8 Å². The predicted molar refractivity (Wildman–Crippen MR) is 93.8 cm³/mol. The van der Waals surface area contributed by atoms with E-state index in [1.165, 1.54) is 17.1 Å². The van der Waals surface area contributed by atoms with Crippen molar-refractivity contribution < 1.29 is 13.2 Å². The quantitative estimate of drug-likeness (QED) is 0.861. The minimum Gasteiger partial charge on any atom is -0.335 e. The van der Waals surface area contributed by atoms with Gasteiger partial charge in [-0.05, 0) is 26.7 Å². The van der Waals surface area contributed by atoms with Crippen molar-refractivity contribution in [1.82, 2.24) is 24.3 Å². The van der Waals surface area contributed by atoms with Gasteiger partial charge in [-0.3, -0.25) is 4.68 Å². The number of piperazine rings is 1. The highest BCUT2D eigenvalue weighted by atomic mass is 32.2. The summed E-state index contributed by atoms with van der Waals surface area (Å²) in [4.78, 5) is 14.3. The van der Waals surface area contributed by atoms with Crippen LogP contribution in [0.3, 0.4) is 0 Å². The topological polar surface area (TPSA) is 87.5 Å². The Morgan fingerprint density at radius 3 is 2.24 bits per heavy atom. The number of sulfonamides is 1. The minimum absolute atomic E-state index is 0.0716. The lowest BCUT2D eigenvalue weighted by molar-refractivity contribution is 0.169. The Balaban J connectivity index is 1.64. The number of carbonyl (C=O) groups is 1. The fourth-order valence-corrected chi connectivity index (χ4v) is 5.55. The lowest BCUT2D eigenvalue weighted by atomic mass is 10.2. The Morgan fingerprint density at radius 2 is 1.72 bits per heavy atom. The molecular formula is C16H27N5O3S. The van der Waals surface area contributed by atoms with Crippen molar-refractivity contribution in [1.29, 1.82) is 0 Å². The molecule has 1 aliphatic carbocycles. The smallest absolute Gasteiger partial charge is 0.317 e. The van der Waals surface area contributed by atoms with Crippen molar-refractivity contribution in [3.05, 3.63) is 11.4 Å². The molecular weight excluding hydrogens is 342 g/mol. The van der Waals surface area contributed by atoms with E-state index in [1.807, 2.05) is 0 Å². The average Bonchev–Trinajstić information content (AvgIpc) is 3.16. The third kappa shape index (κ3) is 3.52. The number of hydrogen-bond acceptors (Lipinski definition) is 4. The second kappa shape index (κ2) is 6.95. The van der Waals surface area contributed by atoms with E-state index < -0.39 is 10.0 Å². The molecule has 1 aromatic rings. The predicted octanol–water partition coefficient (Wildman–Crippen LogP) is 0.995. The first-order chi connectivity index (χ1) is 11.8. The summed E-state index contributed by atoms with van der Waals surface area (Å²) in [6, 6.07) is 0.202. The molecule has 0 spiro atoms. The van der Waals surface area contributed by atoms with Crippen molar-refractivity contribution in [2.45, 2.75) is 50.5 Å². The molecule has 2 aliphatic rings. The third-order valence-electron chi connectivity index (χ3n) is 5.25. The van der Waals surface area contributed by atoms with Gasteiger partial charge in [-0.25, -0.2) is 13.2 Å². The first-order valence-electron chi connectivity index (χ1n) is 8.86. The molecule has 0 radical (unpaired) electrons. The van der Waals surface area contributed by atoms with E-state index in [4.69, 9.17) is 0 Å². The number of carbonyl (C=O) groups excluding carboxylic acids is 1. The molecule has 2 heterocycles. The Morgan fingerprint density at radius 1 is 1.12 bits per heavy atom. The van der Waals surface area contributed by atoms with Crippen LogP contribution in [-0.2, 0) is 17.1 Å². The molecule has 1 N–H and O–H groups in total. The van der Waals surface area contributed by atoms with Crippen LogP contribution < -0.4 is 5.32 Å². The van der Waals surface area contributed by atoms with Gasteiger partial charge < -0.3 is 10.2 Å². The van der Waals surface area contributed by atoms with E-state index in [9.17, 15) is 13.2 Å². The molecule has 25 heavy (non-hydrogen) atoms. The zero-order chi connectivity index (χ0) is 18.2. The summed E-state index contributed by atoms with van der Waals surface area (Å²) < 4.78 is 29.0. The number of hydrogen-bond donors (Lipinski definition) is 1. The molecule has 1 aliphatic heterocycles. The molecule has 0 atom stereocenters. The molecule has 140 valence electrons. The maximum absolute atomic E-state index is 13.0. The highest BCUT2D eigenvalue weighted by Crippen LogP contribution is 2.24. The van der Waals surface area contributed by atoms with E-state index in [2.05, 4.69) is 10.4 Å². The summed E-state index contributed by atoms with van der Waals surface area (Å²) in [5.41, 5.74) is 1.15. The third-order valence-corrected chi connectivity index (χ3v) is 7.40. The number of amides is 2. The number of aryl methyl sites for hydroxylation is 2. The lowest BCUT2D eigenvalue weighted by Crippen LogP contribution is -2.54. The van der Waals surface area contributed by atoms with Gasteiger partial charge in [-0.15, -0.1) is 0 Å². The van der Waals surface area contributed by atoms with Gasteiger partial charge in [0.1, 0.15) is 4.90 Å². The van der Waals surface area contributed by atoms with Gasteiger partial charge in [0, 0.05) is 39.3 Å². The maximum atomic E-state index is 13.0. The van der Waals surface area contributed by atoms with E-state index in [1.54, 1.807) is 30.5 Å². The van der Waals surface area contributed by atoms with Crippen LogP contribution in [0.5, 0.6) is 0 Å². The molecule has 1 aromatic heterocycles. The maximum Gasteiger partial charge on any atom is 0.317 e. The highest BCUT2D eigenvalue weighted by molar-refractivity contribution is 7.89. The summed E-state index contributed by atoms with van der Waals surface area (Å²) in [6.45, 7) is 4.93. The van der Waals surface area contributed by atoms with Gasteiger partial charge >= 0.3 is 6.03 Å². The van der Waals surface area contributed by atoms with Gasteiger partial charge in [0.15, 0.2) is 0 Å². The van der Waals surface area contributed by atoms with Crippen molar-refractivity contribution >= 4 is 16.1 Å². The molecule has 3 rings (SSSR count). The van der Waals surface area contributed by atoms with Crippen LogP contribution in [0.4, 0.5) is 4.79 Å². The van der Waals surface area contributed by atoms with Crippen molar-refractivity contribution in [3.8, 4) is 0 Å². The summed E-state index contributed by atoms with van der Waals surface area (Å²) in [5, 5.41) is 7.27. The second-order valence-electron chi connectivity index (χ2n) is 6.95. The van der Waals surface area contributed by atoms with Crippen molar-refractivity contribution in [2.75, 3.05) is 26.2 Å². The van der Waals surface area contributed by atoms with E-state index >= 15 is 0 Å². The van der Waals surface area contributed by atoms with E-state index in [0.717, 1.165) is 12.8 Å². The number of urea groups is 1. The van der Waals surface area contributed by atoms with E-state index in [-0.39, 0.29) is 12.1 Å². The standard InChI is InChI=1S/C16H27N5O3S/c1-12-15(13(2)19(3)18-12)25(23,24)21-10-8-20(9-11-21)16(22)17-14-6-4-5-7-14/h14H,4-11H2,1-3H3,(H,17,22). The Bertz CT molecular complexity index is 744. The number of aromatic nitrogens is 2. The van der Waals surface area contributed by atoms with Crippen molar-refractivity contribution in [3.63, 3.8) is 0 Å². The van der Waals surface area contributed by atoms with Gasteiger partial charge in [0.05, 0.1) is 11.4 Å². The monoisotopic (exact) mass is 369 g/mol. The van der Waals surface area contributed by atoms with Gasteiger partial charge in [0.25, 0.3) is 0 Å². The zero-order valence-corrected chi connectivity index (χ0v) is 16.0. The molecule has 1 saturated heterocycles. The average molecular weight is 369 g/mol. The van der Waals surface area contributed by atoms with Crippen LogP contribution in [0.1, 0.15) is 37.1 Å². The number of nitrogens with one attached hydrogen (secondary N) is 1. The first kappa shape index (κ1) is 18.2. The van der Waals surface area contributed by atoms with Crippen LogP contribution in [-0.4, -0.2) is 65.7 Å². The SMILES string of the molecule is Cc1nn(C)c(C)c1S(=O)(=O)N1CCN(C(=O)NC2CCCC2)CC1. The van der Waals surface area contributed by atoms with Gasteiger partial charge in [-0.2, -0.15) is 9.40 Å². The van der Waals surface area contributed by atoms with Crippen LogP contribution in [0.2, 0.25) is 0 Å². The van der Waals surface area contributed by atoms with Crippen LogP contribution in [0.15, 0.2) is 4.90 Å². The Hall–Kier alpha value is -1.61. The Labute approximate surface area is 149 Å². The summed E-state index contributed by atoms with van der Waals surface area (Å²) in [5.74, 6) is 0. The lowest BCUT2D eigenvalue weighted by Gasteiger charge is -2.34. The summed E-state index contributed by atoms with van der Waals surface area (Å²) in [7, 11) is -1.84. The van der Waals surface area contributed by atoms with Gasteiger partial charge in [0.2, 0.25) is 10.0 Å². The van der Waals surface area contributed by atoms with Gasteiger partial charge in [-0.1, -0.05) is 12.8 Å². The largest absolute Gasteiger partial charge is 0.335 e. The van der Waals surface area contributed by atoms with Crippen LogP contribution >= 0.6 is 0 Å². The molecule has 0 bridgehead atoms. The second-order valence-corrected chi connectivity index (χ2v) is 8.82. The summed E-state index contributed by atoms with van der Waals surface area (Å²) in [6.07, 6.45) is 4.42. The Kier molecular flexibility index (Phi) is 5.06. The molecule has 1 saturated carbocycles. The molecule has 2 amide bonds. The van der Waals surface area contributed by atoms with E-state index in [0.29, 0.717) is 42.5 Å². The highest BCUT2D eigenvalue weighted by Gasteiger charge is 2.34. The molecule has 9 heteroatoms. The molecule has 8 nitrogen and oxygen atoms in total. The molecule has 0 aromatic carbocycles. The molecule has 0 unspecified atom stereocenters.